The molecule has 0 aliphatic carbocycles. The third kappa shape index (κ3) is 3.65. The van der Waals surface area contributed by atoms with E-state index in [2.05, 4.69) is 21.2 Å². The number of aromatic hydroxyl groups is 1. The zero-order valence-corrected chi connectivity index (χ0v) is 9.58. The van der Waals surface area contributed by atoms with Crippen molar-refractivity contribution < 1.29 is 10.2 Å². The lowest BCUT2D eigenvalue weighted by Crippen LogP contribution is -2.23. The van der Waals surface area contributed by atoms with Gasteiger partial charge in [-0.2, -0.15) is 0 Å². The van der Waals surface area contributed by atoms with Gasteiger partial charge in [-0.05, 0) is 25.1 Å². The molecular weight excluding hydrogens is 246 g/mol. The minimum atomic E-state index is -0.371. The second kappa shape index (κ2) is 5.34. The van der Waals surface area contributed by atoms with Crippen molar-refractivity contribution in [2.24, 2.45) is 0 Å². The molecule has 14 heavy (non-hydrogen) atoms. The predicted octanol–water partition coefficient (Wildman–Crippen LogP) is 1.63. The zero-order valence-electron chi connectivity index (χ0n) is 8.00. The van der Waals surface area contributed by atoms with Gasteiger partial charge in [0.1, 0.15) is 5.75 Å². The monoisotopic (exact) mass is 259 g/mol. The molecule has 0 saturated heterocycles. The van der Waals surface area contributed by atoms with Crippen molar-refractivity contribution in [2.75, 3.05) is 6.54 Å². The van der Waals surface area contributed by atoms with Gasteiger partial charge in [0.05, 0.1) is 6.10 Å². The Bertz CT molecular complexity index is 302. The van der Waals surface area contributed by atoms with Crippen molar-refractivity contribution in [1.82, 2.24) is 5.32 Å². The van der Waals surface area contributed by atoms with Gasteiger partial charge >= 0.3 is 0 Å². The van der Waals surface area contributed by atoms with Gasteiger partial charge < -0.3 is 15.5 Å². The molecule has 0 aliphatic heterocycles. The number of phenols is 1. The summed E-state index contributed by atoms with van der Waals surface area (Å²) in [6, 6.07) is 5.28. The van der Waals surface area contributed by atoms with E-state index in [0.29, 0.717) is 13.1 Å². The van der Waals surface area contributed by atoms with Gasteiger partial charge in [0.15, 0.2) is 0 Å². The maximum atomic E-state index is 9.48. The van der Waals surface area contributed by atoms with Crippen LogP contribution in [-0.2, 0) is 6.54 Å². The Morgan fingerprint density at radius 1 is 1.50 bits per heavy atom. The summed E-state index contributed by atoms with van der Waals surface area (Å²) >= 11 is 3.33. The third-order valence-corrected chi connectivity index (χ3v) is 2.29. The van der Waals surface area contributed by atoms with Crippen molar-refractivity contribution in [3.8, 4) is 5.75 Å². The molecule has 3 nitrogen and oxygen atoms in total. The highest BCUT2D eigenvalue weighted by Gasteiger charge is 2.02. The number of hydrogen-bond acceptors (Lipinski definition) is 3. The molecule has 3 N–H and O–H groups in total. The van der Waals surface area contributed by atoms with E-state index in [0.717, 1.165) is 10.0 Å². The highest BCUT2D eigenvalue weighted by atomic mass is 79.9. The van der Waals surface area contributed by atoms with E-state index in [1.807, 2.05) is 6.07 Å². The molecule has 1 aromatic carbocycles. The first-order chi connectivity index (χ1) is 6.59. The smallest absolute Gasteiger partial charge is 0.120 e. The first-order valence-corrected chi connectivity index (χ1v) is 5.25. The van der Waals surface area contributed by atoms with Crippen molar-refractivity contribution in [1.29, 1.82) is 0 Å². The average Bonchev–Trinajstić information content (AvgIpc) is 2.10. The van der Waals surface area contributed by atoms with Crippen LogP contribution in [0, 0.1) is 0 Å². The van der Waals surface area contributed by atoms with Crippen LogP contribution in [-0.4, -0.2) is 22.9 Å². The summed E-state index contributed by atoms with van der Waals surface area (Å²) in [5, 5.41) is 21.5. The molecule has 78 valence electrons. The standard InChI is InChI=1S/C10H14BrNO2/c1-7(13)5-12-6-8-4-9(11)2-3-10(8)14/h2-4,7,12-14H,5-6H2,1H3. The van der Waals surface area contributed by atoms with Crippen molar-refractivity contribution >= 4 is 15.9 Å². The summed E-state index contributed by atoms with van der Waals surface area (Å²) in [5.74, 6) is 0.270. The summed E-state index contributed by atoms with van der Waals surface area (Å²) < 4.78 is 0.934. The van der Waals surface area contributed by atoms with Gasteiger partial charge in [-0.3, -0.25) is 0 Å². The predicted molar refractivity (Wildman–Crippen MR) is 59.2 cm³/mol. The average molecular weight is 260 g/mol. The van der Waals surface area contributed by atoms with Gasteiger partial charge in [0.25, 0.3) is 0 Å². The zero-order chi connectivity index (χ0) is 10.6. The molecule has 0 aromatic heterocycles. The third-order valence-electron chi connectivity index (χ3n) is 1.80. The van der Waals surface area contributed by atoms with Crippen LogP contribution in [0.2, 0.25) is 0 Å². The van der Waals surface area contributed by atoms with E-state index in [9.17, 15) is 5.11 Å². The lowest BCUT2D eigenvalue weighted by Gasteiger charge is -2.08. The molecular formula is C10H14BrNO2. The number of nitrogens with one attached hydrogen (secondary N) is 1. The lowest BCUT2D eigenvalue weighted by atomic mass is 10.2. The SMILES string of the molecule is CC(O)CNCc1cc(Br)ccc1O. The minimum absolute atomic E-state index is 0.270. The first-order valence-electron chi connectivity index (χ1n) is 4.46. The number of phenolic OH excluding ortho intramolecular Hbond substituents is 1. The van der Waals surface area contributed by atoms with E-state index < -0.39 is 0 Å². The van der Waals surface area contributed by atoms with Gasteiger partial charge in [-0.1, -0.05) is 15.9 Å². The van der Waals surface area contributed by atoms with Crippen LogP contribution in [0.25, 0.3) is 0 Å². The van der Waals surface area contributed by atoms with Gasteiger partial charge in [0, 0.05) is 23.1 Å². The number of benzene rings is 1. The summed E-state index contributed by atoms with van der Waals surface area (Å²) in [5.41, 5.74) is 0.819. The Kier molecular flexibility index (Phi) is 4.38. The summed E-state index contributed by atoms with van der Waals surface area (Å²) in [4.78, 5) is 0. The molecule has 0 amide bonds. The van der Waals surface area contributed by atoms with Gasteiger partial charge in [-0.15, -0.1) is 0 Å². The van der Waals surface area contributed by atoms with Crippen molar-refractivity contribution in [3.63, 3.8) is 0 Å². The second-order valence-corrected chi connectivity index (χ2v) is 4.17. The molecule has 0 heterocycles. The van der Waals surface area contributed by atoms with Crippen LogP contribution in [0.15, 0.2) is 22.7 Å². The Morgan fingerprint density at radius 3 is 2.86 bits per heavy atom. The number of rotatable bonds is 4. The van der Waals surface area contributed by atoms with E-state index in [4.69, 9.17) is 5.11 Å². The Morgan fingerprint density at radius 2 is 2.21 bits per heavy atom. The largest absolute Gasteiger partial charge is 0.508 e. The summed E-state index contributed by atoms with van der Waals surface area (Å²) in [6.45, 7) is 2.79. The molecule has 0 bridgehead atoms. The van der Waals surface area contributed by atoms with Crippen LogP contribution >= 0.6 is 15.9 Å². The molecule has 1 rings (SSSR count). The second-order valence-electron chi connectivity index (χ2n) is 3.25. The molecule has 0 aliphatic rings. The van der Waals surface area contributed by atoms with E-state index in [1.165, 1.54) is 0 Å². The maximum absolute atomic E-state index is 9.48. The van der Waals surface area contributed by atoms with Crippen LogP contribution in [0.3, 0.4) is 0 Å². The minimum Gasteiger partial charge on any atom is -0.508 e. The molecule has 0 saturated carbocycles. The van der Waals surface area contributed by atoms with Crippen LogP contribution in [0.4, 0.5) is 0 Å². The van der Waals surface area contributed by atoms with E-state index in [1.54, 1.807) is 19.1 Å². The lowest BCUT2D eigenvalue weighted by molar-refractivity contribution is 0.191. The summed E-state index contributed by atoms with van der Waals surface area (Å²) in [6.07, 6.45) is -0.371. The van der Waals surface area contributed by atoms with Crippen molar-refractivity contribution in [2.45, 2.75) is 19.6 Å². The van der Waals surface area contributed by atoms with Gasteiger partial charge in [0.2, 0.25) is 0 Å². The molecule has 1 atom stereocenters. The number of hydrogen-bond donors (Lipinski definition) is 3. The quantitative estimate of drug-likeness (QED) is 0.771. The highest BCUT2D eigenvalue weighted by Crippen LogP contribution is 2.21. The summed E-state index contributed by atoms with van der Waals surface area (Å²) in [7, 11) is 0. The topological polar surface area (TPSA) is 52.5 Å². The first kappa shape index (κ1) is 11.5. The fourth-order valence-electron chi connectivity index (χ4n) is 1.11. The fourth-order valence-corrected chi connectivity index (χ4v) is 1.52. The molecule has 0 fully saturated rings. The molecule has 4 heteroatoms. The Labute approximate surface area is 91.9 Å². The maximum Gasteiger partial charge on any atom is 0.120 e. The number of halogens is 1. The van der Waals surface area contributed by atoms with Crippen LogP contribution in [0.5, 0.6) is 5.75 Å². The molecule has 0 radical (unpaired) electrons. The van der Waals surface area contributed by atoms with E-state index >= 15 is 0 Å². The van der Waals surface area contributed by atoms with Crippen molar-refractivity contribution in [3.05, 3.63) is 28.2 Å². The Balaban J connectivity index is 2.53. The normalized spacial score (nSPS) is 12.8. The molecule has 1 unspecified atom stereocenters. The molecule has 1 aromatic rings. The molecule has 0 spiro atoms. The van der Waals surface area contributed by atoms with E-state index in [-0.39, 0.29) is 11.9 Å². The fraction of sp³-hybridized carbons (Fsp3) is 0.400. The highest BCUT2D eigenvalue weighted by molar-refractivity contribution is 9.10. The van der Waals surface area contributed by atoms with Gasteiger partial charge in [-0.25, -0.2) is 0 Å². The Hall–Kier alpha value is -0.580. The number of aliphatic hydroxyl groups is 1. The van der Waals surface area contributed by atoms with Crippen LogP contribution in [0.1, 0.15) is 12.5 Å². The van der Waals surface area contributed by atoms with Crippen LogP contribution < -0.4 is 5.32 Å². The number of aliphatic hydroxyl groups excluding tert-OH is 1.